The van der Waals surface area contributed by atoms with E-state index >= 15 is 0 Å². The van der Waals surface area contributed by atoms with Crippen LogP contribution in [0.15, 0.2) is 24.3 Å². The molecule has 2 fully saturated rings. The Kier molecular flexibility index (Phi) is 3.36. The summed E-state index contributed by atoms with van der Waals surface area (Å²) in [5, 5.41) is 0. The van der Waals surface area contributed by atoms with Crippen LogP contribution in [0.5, 0.6) is 0 Å². The van der Waals surface area contributed by atoms with E-state index in [1.165, 1.54) is 11.3 Å². The fourth-order valence-corrected chi connectivity index (χ4v) is 5.48. The van der Waals surface area contributed by atoms with E-state index in [1.54, 1.807) is 0 Å². The lowest BCUT2D eigenvalue weighted by Crippen LogP contribution is -2.66. The van der Waals surface area contributed by atoms with Gasteiger partial charge in [0.1, 0.15) is 17.0 Å². The van der Waals surface area contributed by atoms with Crippen LogP contribution in [-0.2, 0) is 16.0 Å². The summed E-state index contributed by atoms with van der Waals surface area (Å²) in [7, 11) is 0. The van der Waals surface area contributed by atoms with Gasteiger partial charge in [-0.2, -0.15) is 0 Å². The topological polar surface area (TPSA) is 37.4 Å². The van der Waals surface area contributed by atoms with Crippen LogP contribution >= 0.6 is 0 Å². The monoisotopic (exact) mass is 311 g/mol. The highest BCUT2D eigenvalue weighted by Crippen LogP contribution is 2.51. The molecule has 23 heavy (non-hydrogen) atoms. The number of carbonyl (C=O) groups excluding carboxylic acids is 2. The maximum atomic E-state index is 13.0. The summed E-state index contributed by atoms with van der Waals surface area (Å²) in [6.45, 7) is 5.47. The largest absolute Gasteiger partial charge is 0.366 e. The first kappa shape index (κ1) is 14.9. The lowest BCUT2D eigenvalue weighted by atomic mass is 9.57. The molecule has 0 unspecified atom stereocenters. The third kappa shape index (κ3) is 2.02. The zero-order valence-corrected chi connectivity index (χ0v) is 14.0. The first-order chi connectivity index (χ1) is 11.0. The number of rotatable bonds is 0. The Bertz CT molecular complexity index is 649. The Morgan fingerprint density at radius 2 is 1.78 bits per heavy atom. The second-order valence-electron chi connectivity index (χ2n) is 7.89. The average molecular weight is 311 g/mol. The third-order valence-electron chi connectivity index (χ3n) is 6.24. The van der Waals surface area contributed by atoms with Gasteiger partial charge >= 0.3 is 0 Å². The number of fused-ring (bicyclic) bond motifs is 4. The van der Waals surface area contributed by atoms with Gasteiger partial charge in [-0.05, 0) is 42.7 Å². The number of ketones is 2. The van der Waals surface area contributed by atoms with Crippen LogP contribution in [0.1, 0.15) is 45.1 Å². The lowest BCUT2D eigenvalue weighted by Gasteiger charge is -2.56. The Morgan fingerprint density at radius 3 is 2.52 bits per heavy atom. The van der Waals surface area contributed by atoms with Gasteiger partial charge < -0.3 is 4.90 Å². The molecular formula is C20H25NO2. The molecule has 0 bridgehead atoms. The summed E-state index contributed by atoms with van der Waals surface area (Å²) in [4.78, 5) is 28.5. The number of carbonyl (C=O) groups is 2. The fourth-order valence-electron chi connectivity index (χ4n) is 5.48. The van der Waals surface area contributed by atoms with Crippen molar-refractivity contribution in [2.75, 3.05) is 11.4 Å². The second kappa shape index (κ2) is 5.19. The molecule has 0 aromatic heterocycles. The van der Waals surface area contributed by atoms with Crippen molar-refractivity contribution in [1.82, 2.24) is 0 Å². The molecule has 0 radical (unpaired) electrons. The maximum absolute atomic E-state index is 13.0. The molecule has 1 saturated carbocycles. The minimum Gasteiger partial charge on any atom is -0.366 e. The molecule has 3 heteroatoms. The van der Waals surface area contributed by atoms with E-state index in [2.05, 4.69) is 36.9 Å². The van der Waals surface area contributed by atoms with Crippen molar-refractivity contribution >= 4 is 17.3 Å². The highest BCUT2D eigenvalue weighted by molar-refractivity contribution is 6.11. The molecule has 1 spiro atoms. The summed E-state index contributed by atoms with van der Waals surface area (Å²) in [5.74, 6) is 1.36. The van der Waals surface area contributed by atoms with Gasteiger partial charge in [-0.25, -0.2) is 0 Å². The van der Waals surface area contributed by atoms with E-state index in [9.17, 15) is 9.59 Å². The third-order valence-corrected chi connectivity index (χ3v) is 6.24. The molecule has 1 aromatic rings. The average Bonchev–Trinajstić information content (AvgIpc) is 2.52. The van der Waals surface area contributed by atoms with Crippen molar-refractivity contribution in [2.24, 2.45) is 17.3 Å². The van der Waals surface area contributed by atoms with E-state index in [1.807, 2.05) is 6.07 Å². The molecule has 2 aliphatic heterocycles. The predicted molar refractivity (Wildman–Crippen MR) is 90.5 cm³/mol. The van der Waals surface area contributed by atoms with E-state index < -0.39 is 5.41 Å². The number of hydrogen-bond acceptors (Lipinski definition) is 3. The number of nitrogens with zero attached hydrogens (tertiary/aromatic N) is 1. The number of anilines is 1. The van der Waals surface area contributed by atoms with Crippen molar-refractivity contribution in [3.05, 3.63) is 29.8 Å². The molecule has 1 saturated heterocycles. The minimum absolute atomic E-state index is 0.0499. The van der Waals surface area contributed by atoms with Crippen LogP contribution in [0.4, 0.5) is 5.69 Å². The van der Waals surface area contributed by atoms with Crippen molar-refractivity contribution in [3.8, 4) is 0 Å². The van der Waals surface area contributed by atoms with E-state index in [0.29, 0.717) is 31.1 Å². The molecule has 0 amide bonds. The van der Waals surface area contributed by atoms with Crippen molar-refractivity contribution in [3.63, 3.8) is 0 Å². The number of para-hydroxylation sites is 1. The van der Waals surface area contributed by atoms with Crippen LogP contribution in [0.3, 0.4) is 0 Å². The van der Waals surface area contributed by atoms with Crippen LogP contribution in [-0.4, -0.2) is 24.2 Å². The number of hydrogen-bond donors (Lipinski definition) is 0. The Balaban J connectivity index is 1.91. The Hall–Kier alpha value is -1.64. The molecule has 2 heterocycles. The van der Waals surface area contributed by atoms with E-state index in [0.717, 1.165) is 19.4 Å². The zero-order valence-electron chi connectivity index (χ0n) is 14.0. The van der Waals surface area contributed by atoms with E-state index in [-0.39, 0.29) is 17.6 Å². The minimum atomic E-state index is -0.786. The van der Waals surface area contributed by atoms with Gasteiger partial charge in [-0.3, -0.25) is 9.59 Å². The molecule has 1 aliphatic carbocycles. The van der Waals surface area contributed by atoms with E-state index in [4.69, 9.17) is 0 Å². The molecular weight excluding hydrogens is 286 g/mol. The molecule has 3 atom stereocenters. The summed E-state index contributed by atoms with van der Waals surface area (Å²) in [5.41, 5.74) is 1.63. The van der Waals surface area contributed by atoms with Crippen LogP contribution in [0.25, 0.3) is 0 Å². The van der Waals surface area contributed by atoms with Crippen LogP contribution in [0, 0.1) is 17.3 Å². The molecule has 3 nitrogen and oxygen atoms in total. The lowest BCUT2D eigenvalue weighted by molar-refractivity contribution is -0.147. The molecule has 0 N–H and O–H groups in total. The first-order valence-electron chi connectivity index (χ1n) is 8.95. The SMILES string of the molecule is C[C@H]1C[C@@H](C)[C@H]2N(C1)c1ccccc1CC21C(=O)CCCC1=O. The number of benzene rings is 1. The Morgan fingerprint density at radius 1 is 1.09 bits per heavy atom. The van der Waals surface area contributed by atoms with Gasteiger partial charge in [0, 0.05) is 25.1 Å². The van der Waals surface area contributed by atoms with Crippen LogP contribution in [0.2, 0.25) is 0 Å². The summed E-state index contributed by atoms with van der Waals surface area (Å²) in [6.07, 6.45) is 3.59. The van der Waals surface area contributed by atoms with Crippen molar-refractivity contribution < 1.29 is 9.59 Å². The summed E-state index contributed by atoms with van der Waals surface area (Å²) < 4.78 is 0. The molecule has 122 valence electrons. The fraction of sp³-hybridized carbons (Fsp3) is 0.600. The smallest absolute Gasteiger partial charge is 0.148 e. The van der Waals surface area contributed by atoms with Gasteiger partial charge in [0.25, 0.3) is 0 Å². The molecule has 3 aliphatic rings. The second-order valence-corrected chi connectivity index (χ2v) is 7.89. The standard InChI is InChI=1S/C20H25NO2/c1-13-10-14(2)19-20(17(22)8-5-9-18(20)23)11-15-6-3-4-7-16(15)21(19)12-13/h3-4,6-7,13-14,19H,5,8-12H2,1-2H3/t13-,14+,19+/m0/s1. The maximum Gasteiger partial charge on any atom is 0.148 e. The molecule has 1 aromatic carbocycles. The predicted octanol–water partition coefficient (Wildman–Crippen LogP) is 3.40. The van der Waals surface area contributed by atoms with Gasteiger partial charge in [-0.1, -0.05) is 32.0 Å². The molecule has 4 rings (SSSR count). The van der Waals surface area contributed by atoms with Crippen molar-refractivity contribution in [1.29, 1.82) is 0 Å². The van der Waals surface area contributed by atoms with Gasteiger partial charge in [-0.15, -0.1) is 0 Å². The summed E-state index contributed by atoms with van der Waals surface area (Å²) >= 11 is 0. The van der Waals surface area contributed by atoms with Crippen molar-refractivity contribution in [2.45, 2.75) is 52.0 Å². The van der Waals surface area contributed by atoms with Crippen LogP contribution < -0.4 is 4.90 Å². The zero-order chi connectivity index (χ0) is 16.2. The number of Topliss-reactive ketones (excluding diaryl/α,β-unsaturated/α-hetero) is 2. The normalized spacial score (nSPS) is 32.6. The van der Waals surface area contributed by atoms with Gasteiger partial charge in [0.05, 0.1) is 6.04 Å². The number of piperidine rings is 1. The first-order valence-corrected chi connectivity index (χ1v) is 8.95. The van der Waals surface area contributed by atoms with Gasteiger partial charge in [0.2, 0.25) is 0 Å². The highest BCUT2D eigenvalue weighted by atomic mass is 16.2. The highest BCUT2D eigenvalue weighted by Gasteiger charge is 2.59. The Labute approximate surface area is 138 Å². The summed E-state index contributed by atoms with van der Waals surface area (Å²) in [6, 6.07) is 8.42. The van der Waals surface area contributed by atoms with Gasteiger partial charge in [0.15, 0.2) is 0 Å². The quantitative estimate of drug-likeness (QED) is 0.689.